The maximum absolute atomic E-state index is 13.1. The van der Waals surface area contributed by atoms with Crippen LogP contribution in [0.25, 0.3) is 16.6 Å². The smallest absolute Gasteiger partial charge is 0.410 e. The molecule has 9 nitrogen and oxygen atoms in total. The van der Waals surface area contributed by atoms with Crippen molar-refractivity contribution in [3.63, 3.8) is 0 Å². The first-order valence-electron chi connectivity index (χ1n) is 10.8. The molecule has 0 fully saturated rings. The van der Waals surface area contributed by atoms with Gasteiger partial charge in [0.15, 0.2) is 0 Å². The van der Waals surface area contributed by atoms with E-state index in [0.717, 1.165) is 27.9 Å². The maximum Gasteiger partial charge on any atom is 0.414 e. The van der Waals surface area contributed by atoms with E-state index in [9.17, 15) is 9.59 Å². The summed E-state index contributed by atoms with van der Waals surface area (Å²) in [5.74, 6) is 0.364. The normalized spacial score (nSPS) is 18.1. The van der Waals surface area contributed by atoms with Crippen molar-refractivity contribution in [2.75, 3.05) is 19.4 Å². The summed E-state index contributed by atoms with van der Waals surface area (Å²) in [7, 11) is 3.22. The fourth-order valence-corrected chi connectivity index (χ4v) is 4.20. The zero-order valence-corrected chi connectivity index (χ0v) is 19.4. The summed E-state index contributed by atoms with van der Waals surface area (Å²) >= 11 is 0. The van der Waals surface area contributed by atoms with E-state index in [0.29, 0.717) is 17.9 Å². The first-order valence-corrected chi connectivity index (χ1v) is 10.8. The van der Waals surface area contributed by atoms with E-state index < -0.39 is 6.09 Å². The van der Waals surface area contributed by atoms with Crippen LogP contribution in [0.1, 0.15) is 31.5 Å². The number of nitrogens with zero attached hydrogens (tertiary/aromatic N) is 4. The van der Waals surface area contributed by atoms with Crippen molar-refractivity contribution in [2.45, 2.75) is 39.3 Å². The number of urea groups is 1. The van der Waals surface area contributed by atoms with Crippen LogP contribution in [-0.2, 0) is 0 Å². The number of nitrogens with one attached hydrogen (secondary N) is 2. The van der Waals surface area contributed by atoms with Crippen molar-refractivity contribution >= 4 is 34.4 Å². The summed E-state index contributed by atoms with van der Waals surface area (Å²) in [6, 6.07) is 6.40. The van der Waals surface area contributed by atoms with Gasteiger partial charge in [0.05, 0.1) is 5.69 Å². The molecular formula is C24H28N6O3. The van der Waals surface area contributed by atoms with E-state index in [4.69, 9.17) is 4.74 Å². The van der Waals surface area contributed by atoms with E-state index >= 15 is 0 Å². The van der Waals surface area contributed by atoms with Crippen molar-refractivity contribution in [1.29, 1.82) is 0 Å². The Balaban J connectivity index is 1.53. The molecule has 3 aromatic rings. The lowest BCUT2D eigenvalue weighted by Gasteiger charge is -2.38. The molecule has 2 aromatic heterocycles. The van der Waals surface area contributed by atoms with Gasteiger partial charge in [0.1, 0.15) is 17.7 Å². The SMILES string of the molecule is Cc1c[nH]c2ncnc(C3=CC(C)N(C(=O)Nc4cccc(OC(=O)N(C)C)c4)C(C)C3)c12. The highest BCUT2D eigenvalue weighted by atomic mass is 16.6. The number of carbonyl (C=O) groups is 2. The minimum absolute atomic E-state index is 0.0426. The Morgan fingerprint density at radius 3 is 2.76 bits per heavy atom. The molecule has 0 radical (unpaired) electrons. The van der Waals surface area contributed by atoms with Crippen molar-refractivity contribution < 1.29 is 14.3 Å². The van der Waals surface area contributed by atoms with Gasteiger partial charge < -0.3 is 24.8 Å². The summed E-state index contributed by atoms with van der Waals surface area (Å²) in [6.07, 6.45) is 5.78. The molecule has 33 heavy (non-hydrogen) atoms. The monoisotopic (exact) mass is 448 g/mol. The van der Waals surface area contributed by atoms with Gasteiger partial charge in [-0.15, -0.1) is 0 Å². The zero-order chi connectivity index (χ0) is 23.7. The molecule has 3 heterocycles. The highest BCUT2D eigenvalue weighted by molar-refractivity contribution is 5.93. The predicted molar refractivity (Wildman–Crippen MR) is 127 cm³/mol. The van der Waals surface area contributed by atoms with Crippen LogP contribution >= 0.6 is 0 Å². The van der Waals surface area contributed by atoms with Crippen LogP contribution < -0.4 is 10.1 Å². The highest BCUT2D eigenvalue weighted by Crippen LogP contribution is 2.33. The average Bonchev–Trinajstić information content (AvgIpc) is 3.14. The number of carbonyl (C=O) groups excluding carboxylic acids is 2. The Hall–Kier alpha value is -3.88. The number of aromatic nitrogens is 3. The molecule has 2 atom stereocenters. The number of H-pyrrole nitrogens is 1. The lowest BCUT2D eigenvalue weighted by molar-refractivity contribution is 0.172. The van der Waals surface area contributed by atoms with Crippen LogP contribution in [0.2, 0.25) is 0 Å². The summed E-state index contributed by atoms with van der Waals surface area (Å²) in [5.41, 5.74) is 4.48. The number of ether oxygens (including phenoxy) is 1. The molecule has 0 saturated carbocycles. The van der Waals surface area contributed by atoms with Crippen molar-refractivity contribution in [3.8, 4) is 5.75 Å². The molecule has 0 saturated heterocycles. The van der Waals surface area contributed by atoms with Gasteiger partial charge in [0, 0.05) is 49.5 Å². The van der Waals surface area contributed by atoms with Gasteiger partial charge in [-0.25, -0.2) is 19.6 Å². The lowest BCUT2D eigenvalue weighted by atomic mass is 9.93. The van der Waals surface area contributed by atoms with Crippen molar-refractivity contribution in [1.82, 2.24) is 24.8 Å². The Morgan fingerprint density at radius 2 is 2.03 bits per heavy atom. The Morgan fingerprint density at radius 1 is 1.24 bits per heavy atom. The second-order valence-corrected chi connectivity index (χ2v) is 8.53. The molecule has 1 aliphatic rings. The number of hydrogen-bond donors (Lipinski definition) is 2. The van der Waals surface area contributed by atoms with Crippen LogP contribution in [0.5, 0.6) is 5.75 Å². The second kappa shape index (κ2) is 8.93. The topological polar surface area (TPSA) is 103 Å². The molecule has 4 rings (SSSR count). The zero-order valence-electron chi connectivity index (χ0n) is 19.4. The van der Waals surface area contributed by atoms with Gasteiger partial charge in [-0.1, -0.05) is 12.1 Å². The minimum Gasteiger partial charge on any atom is -0.410 e. The molecule has 1 aromatic carbocycles. The maximum atomic E-state index is 13.1. The average molecular weight is 449 g/mol. The number of fused-ring (bicyclic) bond motifs is 1. The number of aryl methyl sites for hydroxylation is 1. The third-order valence-corrected chi connectivity index (χ3v) is 5.73. The quantitative estimate of drug-likeness (QED) is 0.617. The molecule has 2 unspecified atom stereocenters. The fraction of sp³-hybridized carbons (Fsp3) is 0.333. The summed E-state index contributed by atoms with van der Waals surface area (Å²) in [6.45, 7) is 6.05. The van der Waals surface area contributed by atoms with E-state index in [1.54, 1.807) is 44.7 Å². The third-order valence-electron chi connectivity index (χ3n) is 5.73. The number of aromatic amines is 1. The lowest BCUT2D eigenvalue weighted by Crippen LogP contribution is -2.48. The first-order chi connectivity index (χ1) is 15.7. The van der Waals surface area contributed by atoms with Gasteiger partial charge in [0.2, 0.25) is 0 Å². The molecule has 0 spiro atoms. The van der Waals surface area contributed by atoms with E-state index in [1.807, 2.05) is 31.9 Å². The molecule has 1 aliphatic heterocycles. The summed E-state index contributed by atoms with van der Waals surface area (Å²) in [4.78, 5) is 40.1. The Labute approximate surface area is 192 Å². The van der Waals surface area contributed by atoms with Crippen LogP contribution in [0.3, 0.4) is 0 Å². The van der Waals surface area contributed by atoms with Gasteiger partial charge >= 0.3 is 12.1 Å². The standard InChI is InChI=1S/C24H28N6O3/c1-14-12-25-22-20(14)21(26-13-27-22)17-9-15(2)30(16(3)10-17)23(31)28-18-7-6-8-19(11-18)33-24(32)29(4)5/h6-9,11-13,15-16H,10H2,1-5H3,(H,28,31)(H,25,26,27). The van der Waals surface area contributed by atoms with E-state index in [-0.39, 0.29) is 18.1 Å². The second-order valence-electron chi connectivity index (χ2n) is 8.53. The van der Waals surface area contributed by atoms with Crippen LogP contribution in [0.4, 0.5) is 15.3 Å². The molecule has 0 bridgehead atoms. The van der Waals surface area contributed by atoms with Gasteiger partial charge in [-0.05, 0) is 50.5 Å². The summed E-state index contributed by atoms with van der Waals surface area (Å²) in [5, 5.41) is 3.95. The molecule has 3 amide bonds. The third kappa shape index (κ3) is 4.52. The Kier molecular flexibility index (Phi) is 6.04. The number of benzene rings is 1. The van der Waals surface area contributed by atoms with E-state index in [2.05, 4.69) is 26.3 Å². The van der Waals surface area contributed by atoms with Crippen molar-refractivity contribution in [3.05, 3.63) is 54.1 Å². The van der Waals surface area contributed by atoms with E-state index in [1.165, 1.54) is 4.90 Å². The fourth-order valence-electron chi connectivity index (χ4n) is 4.20. The minimum atomic E-state index is -0.481. The Bertz CT molecular complexity index is 1230. The predicted octanol–water partition coefficient (Wildman–Crippen LogP) is 4.42. The molecule has 172 valence electrons. The van der Waals surface area contributed by atoms with Gasteiger partial charge in [-0.2, -0.15) is 0 Å². The highest BCUT2D eigenvalue weighted by Gasteiger charge is 2.31. The molecule has 0 aliphatic carbocycles. The number of rotatable bonds is 3. The van der Waals surface area contributed by atoms with Crippen molar-refractivity contribution in [2.24, 2.45) is 0 Å². The van der Waals surface area contributed by atoms with Crippen LogP contribution in [0.15, 0.2) is 42.9 Å². The summed E-state index contributed by atoms with van der Waals surface area (Å²) < 4.78 is 5.28. The van der Waals surface area contributed by atoms with Gasteiger partial charge in [-0.3, -0.25) is 0 Å². The molecule has 2 N–H and O–H groups in total. The van der Waals surface area contributed by atoms with Crippen LogP contribution in [0, 0.1) is 6.92 Å². The molecular weight excluding hydrogens is 420 g/mol. The number of hydrogen-bond acceptors (Lipinski definition) is 5. The number of amides is 3. The van der Waals surface area contributed by atoms with Gasteiger partial charge in [0.25, 0.3) is 0 Å². The largest absolute Gasteiger partial charge is 0.414 e. The number of anilines is 1. The first kappa shape index (κ1) is 22.3. The molecule has 9 heteroatoms. The van der Waals surface area contributed by atoms with Crippen LogP contribution in [-0.4, -0.2) is 63.1 Å².